The fourth-order valence-corrected chi connectivity index (χ4v) is 3.34. The normalized spacial score (nSPS) is 10.6. The quantitative estimate of drug-likeness (QED) is 0.617. The first-order chi connectivity index (χ1) is 12.3. The average Bonchev–Trinajstić information content (AvgIpc) is 3.18. The number of rotatable bonds is 7. The van der Waals surface area contributed by atoms with E-state index in [0.29, 0.717) is 25.3 Å². The number of hydrogen-bond acceptors (Lipinski definition) is 3. The molecule has 0 fully saturated rings. The van der Waals surface area contributed by atoms with E-state index in [2.05, 4.69) is 23.6 Å². The molecule has 0 aliphatic heterocycles. The molecule has 0 N–H and O–H groups in total. The van der Waals surface area contributed by atoms with Crippen molar-refractivity contribution in [2.24, 2.45) is 0 Å². The molecule has 1 heterocycles. The molecule has 1 aromatic heterocycles. The highest BCUT2D eigenvalue weighted by Crippen LogP contribution is 2.20. The lowest BCUT2D eigenvalue weighted by atomic mass is 10.0. The van der Waals surface area contributed by atoms with Gasteiger partial charge in [-0.25, -0.2) is 0 Å². The fraction of sp³-hybridized carbons (Fsp3) is 0.190. The number of amides is 1. The topological polar surface area (TPSA) is 29.5 Å². The summed E-state index contributed by atoms with van der Waals surface area (Å²) in [5, 5.41) is 4.11. The van der Waals surface area contributed by atoms with Crippen molar-refractivity contribution >= 4 is 17.2 Å². The van der Waals surface area contributed by atoms with Crippen LogP contribution in [0.3, 0.4) is 0 Å². The molecule has 0 bridgehead atoms. The van der Waals surface area contributed by atoms with E-state index in [1.807, 2.05) is 52.7 Å². The highest BCUT2D eigenvalue weighted by Gasteiger charge is 2.16. The van der Waals surface area contributed by atoms with Crippen LogP contribution in [0.5, 0.6) is 0 Å². The number of carbonyl (C=O) groups excluding carboxylic acids is 1. The summed E-state index contributed by atoms with van der Waals surface area (Å²) in [5.74, 6) is 0.0304. The van der Waals surface area contributed by atoms with Crippen molar-refractivity contribution in [3.63, 3.8) is 0 Å². The van der Waals surface area contributed by atoms with Crippen LogP contribution in [0.1, 0.15) is 15.9 Å². The van der Waals surface area contributed by atoms with E-state index in [1.165, 1.54) is 0 Å². The molecule has 25 heavy (non-hydrogen) atoms. The van der Waals surface area contributed by atoms with Crippen LogP contribution >= 0.6 is 11.3 Å². The van der Waals surface area contributed by atoms with Gasteiger partial charge in [0.05, 0.1) is 6.61 Å². The predicted molar refractivity (Wildman–Crippen MR) is 103 cm³/mol. The van der Waals surface area contributed by atoms with Crippen molar-refractivity contribution in [1.29, 1.82) is 0 Å². The number of carbonyl (C=O) groups is 1. The Bertz CT molecular complexity index is 783. The summed E-state index contributed by atoms with van der Waals surface area (Å²) in [5.41, 5.74) is 4.11. The second-order valence-corrected chi connectivity index (χ2v) is 6.57. The van der Waals surface area contributed by atoms with E-state index >= 15 is 0 Å². The summed E-state index contributed by atoms with van der Waals surface area (Å²) in [6, 6.07) is 20.0. The molecule has 1 amide bonds. The standard InChI is InChI=1S/C21H21NO2S/c1-24-13-12-22(15-17-11-14-25-16-17)21(23)20-9-7-19(8-10-20)18-5-3-2-4-6-18/h2-11,14,16H,12-13,15H2,1H3. The molecule has 0 saturated carbocycles. The minimum absolute atomic E-state index is 0.0304. The van der Waals surface area contributed by atoms with Crippen LogP contribution in [-0.2, 0) is 11.3 Å². The number of thiophene rings is 1. The Balaban J connectivity index is 1.76. The highest BCUT2D eigenvalue weighted by atomic mass is 32.1. The van der Waals surface area contributed by atoms with Gasteiger partial charge in [0.25, 0.3) is 5.91 Å². The molecule has 3 nitrogen and oxygen atoms in total. The maximum Gasteiger partial charge on any atom is 0.254 e. The minimum Gasteiger partial charge on any atom is -0.383 e. The molecule has 4 heteroatoms. The zero-order valence-electron chi connectivity index (χ0n) is 14.2. The molecular weight excluding hydrogens is 330 g/mol. The third kappa shape index (κ3) is 4.56. The molecule has 0 unspecified atom stereocenters. The van der Waals surface area contributed by atoms with E-state index in [0.717, 1.165) is 16.7 Å². The summed E-state index contributed by atoms with van der Waals surface area (Å²) in [6.07, 6.45) is 0. The van der Waals surface area contributed by atoms with Crippen LogP contribution in [-0.4, -0.2) is 31.1 Å². The smallest absolute Gasteiger partial charge is 0.254 e. The monoisotopic (exact) mass is 351 g/mol. The largest absolute Gasteiger partial charge is 0.383 e. The predicted octanol–water partition coefficient (Wildman–Crippen LogP) is 4.70. The summed E-state index contributed by atoms with van der Waals surface area (Å²) < 4.78 is 5.16. The second-order valence-electron chi connectivity index (χ2n) is 5.79. The van der Waals surface area contributed by atoms with Gasteiger partial charge in [-0.2, -0.15) is 11.3 Å². The van der Waals surface area contributed by atoms with Gasteiger partial charge in [0.1, 0.15) is 0 Å². The van der Waals surface area contributed by atoms with Crippen molar-refractivity contribution in [3.05, 3.63) is 82.6 Å². The average molecular weight is 351 g/mol. The minimum atomic E-state index is 0.0304. The van der Waals surface area contributed by atoms with Crippen LogP contribution < -0.4 is 0 Å². The van der Waals surface area contributed by atoms with Gasteiger partial charge in [0.2, 0.25) is 0 Å². The van der Waals surface area contributed by atoms with Gasteiger partial charge in [-0.1, -0.05) is 42.5 Å². The SMILES string of the molecule is COCCN(Cc1ccsc1)C(=O)c1ccc(-c2ccccc2)cc1. The highest BCUT2D eigenvalue weighted by molar-refractivity contribution is 7.07. The third-order valence-electron chi connectivity index (χ3n) is 4.05. The van der Waals surface area contributed by atoms with E-state index in [9.17, 15) is 4.79 Å². The van der Waals surface area contributed by atoms with E-state index in [4.69, 9.17) is 4.74 Å². The lowest BCUT2D eigenvalue weighted by molar-refractivity contribution is 0.0680. The van der Waals surface area contributed by atoms with Crippen LogP contribution in [0.15, 0.2) is 71.4 Å². The van der Waals surface area contributed by atoms with Crippen LogP contribution in [0.4, 0.5) is 0 Å². The molecule has 3 aromatic rings. The van der Waals surface area contributed by atoms with Gasteiger partial charge >= 0.3 is 0 Å². The number of hydrogen-bond donors (Lipinski definition) is 0. The van der Waals surface area contributed by atoms with Gasteiger partial charge in [0, 0.05) is 25.8 Å². The van der Waals surface area contributed by atoms with Crippen LogP contribution in [0, 0.1) is 0 Å². The van der Waals surface area contributed by atoms with Gasteiger partial charge in [-0.15, -0.1) is 0 Å². The lowest BCUT2D eigenvalue weighted by Gasteiger charge is -2.22. The first-order valence-electron chi connectivity index (χ1n) is 8.22. The summed E-state index contributed by atoms with van der Waals surface area (Å²) >= 11 is 1.64. The number of methoxy groups -OCH3 is 1. The molecule has 2 aromatic carbocycles. The Morgan fingerprint density at radius 2 is 1.72 bits per heavy atom. The first kappa shape index (κ1) is 17.4. The van der Waals surface area contributed by atoms with Crippen LogP contribution in [0.25, 0.3) is 11.1 Å². The number of nitrogens with zero attached hydrogens (tertiary/aromatic N) is 1. The Morgan fingerprint density at radius 3 is 2.36 bits per heavy atom. The Morgan fingerprint density at radius 1 is 1.00 bits per heavy atom. The first-order valence-corrected chi connectivity index (χ1v) is 9.17. The van der Waals surface area contributed by atoms with Crippen molar-refractivity contribution in [2.75, 3.05) is 20.3 Å². The molecule has 0 aliphatic rings. The maximum absolute atomic E-state index is 12.9. The summed E-state index contributed by atoms with van der Waals surface area (Å²) in [4.78, 5) is 14.7. The molecule has 0 aliphatic carbocycles. The lowest BCUT2D eigenvalue weighted by Crippen LogP contribution is -2.33. The number of ether oxygens (including phenoxy) is 1. The fourth-order valence-electron chi connectivity index (χ4n) is 2.68. The zero-order chi connectivity index (χ0) is 17.5. The number of benzene rings is 2. The molecular formula is C21H21NO2S. The van der Waals surface area contributed by atoms with Gasteiger partial charge in [-0.3, -0.25) is 4.79 Å². The van der Waals surface area contributed by atoms with Crippen LogP contribution in [0.2, 0.25) is 0 Å². The Labute approximate surface area is 152 Å². The van der Waals surface area contributed by atoms with Crippen molar-refractivity contribution in [1.82, 2.24) is 4.90 Å². The third-order valence-corrected chi connectivity index (χ3v) is 4.78. The molecule has 0 atom stereocenters. The molecule has 128 valence electrons. The molecule has 0 spiro atoms. The second kappa shape index (κ2) is 8.60. The summed E-state index contributed by atoms with van der Waals surface area (Å²) in [6.45, 7) is 1.70. The van der Waals surface area contributed by atoms with E-state index < -0.39 is 0 Å². The Hall–Kier alpha value is -2.43. The maximum atomic E-state index is 12.9. The Kier molecular flexibility index (Phi) is 5.99. The van der Waals surface area contributed by atoms with Gasteiger partial charge in [0.15, 0.2) is 0 Å². The molecule has 0 saturated heterocycles. The van der Waals surface area contributed by atoms with Gasteiger partial charge in [-0.05, 0) is 45.6 Å². The summed E-state index contributed by atoms with van der Waals surface area (Å²) in [7, 11) is 1.65. The van der Waals surface area contributed by atoms with E-state index in [-0.39, 0.29) is 5.91 Å². The van der Waals surface area contributed by atoms with Gasteiger partial charge < -0.3 is 9.64 Å². The van der Waals surface area contributed by atoms with Crippen molar-refractivity contribution in [3.8, 4) is 11.1 Å². The molecule has 0 radical (unpaired) electrons. The van der Waals surface area contributed by atoms with Crippen molar-refractivity contribution in [2.45, 2.75) is 6.54 Å². The van der Waals surface area contributed by atoms with Crippen molar-refractivity contribution < 1.29 is 9.53 Å². The molecule has 3 rings (SSSR count). The zero-order valence-corrected chi connectivity index (χ0v) is 15.0. The van der Waals surface area contributed by atoms with E-state index in [1.54, 1.807) is 18.4 Å².